The minimum absolute atomic E-state index is 0.493. The fourth-order valence-electron chi connectivity index (χ4n) is 4.71. The first-order chi connectivity index (χ1) is 15.9. The van der Waals surface area contributed by atoms with Crippen LogP contribution in [0.2, 0.25) is 0 Å². The topological polar surface area (TPSA) is 8.81 Å². The third-order valence-corrected chi connectivity index (χ3v) is 6.66. The van der Waals surface area contributed by atoms with Crippen LogP contribution in [0.1, 0.15) is 36.5 Å². The van der Waals surface area contributed by atoms with E-state index in [1.807, 2.05) is 0 Å². The van der Waals surface area contributed by atoms with E-state index in [0.717, 1.165) is 0 Å². The van der Waals surface area contributed by atoms with E-state index in [1.54, 1.807) is 0 Å². The van der Waals surface area contributed by atoms with Crippen LogP contribution in [-0.2, 0) is 7.05 Å². The molecule has 0 bridgehead atoms. The van der Waals surface area contributed by atoms with Crippen LogP contribution >= 0.6 is 0 Å². The molecule has 5 rings (SSSR count). The minimum atomic E-state index is 0.493. The second-order valence-electron chi connectivity index (χ2n) is 9.35. The van der Waals surface area contributed by atoms with Gasteiger partial charge in [-0.3, -0.25) is 0 Å². The summed E-state index contributed by atoms with van der Waals surface area (Å²) < 4.78 is 4.77. The van der Waals surface area contributed by atoms with Gasteiger partial charge in [0.25, 0.3) is 5.82 Å². The molecule has 5 aromatic rings. The molecule has 164 valence electrons. The maximum atomic E-state index is 2.41. The number of imidazole rings is 1. The van der Waals surface area contributed by atoms with E-state index >= 15 is 0 Å². The van der Waals surface area contributed by atoms with Crippen molar-refractivity contribution in [1.82, 2.24) is 4.57 Å². The molecule has 4 aromatic carbocycles. The molecule has 0 N–H and O–H groups in total. The molecule has 0 radical (unpaired) electrons. The highest BCUT2D eigenvalue weighted by Crippen LogP contribution is 2.32. The monoisotopic (exact) mass is 431 g/mol. The largest absolute Gasteiger partial charge is 0.295 e. The third kappa shape index (κ3) is 3.76. The average molecular weight is 432 g/mol. The normalized spacial score (nSPS) is 11.5. The van der Waals surface area contributed by atoms with Gasteiger partial charge in [-0.1, -0.05) is 80.1 Å². The molecule has 0 atom stereocenters. The van der Waals surface area contributed by atoms with Gasteiger partial charge in [-0.2, -0.15) is 4.57 Å². The molecular formula is C31H31N2+. The Labute approximate surface area is 196 Å². The Hall–Kier alpha value is -3.65. The maximum Gasteiger partial charge on any atom is 0.295 e. The van der Waals surface area contributed by atoms with Gasteiger partial charge in [-0.25, -0.2) is 4.57 Å². The fraction of sp³-hybridized carbons (Fsp3) is 0.194. The standard InChI is InChI=1S/C31H31N2/c1-21(2)26-15-18-29-30(20-26)32(5)31(28-19-22(3)11-12-23(28)4)33(29)27-16-13-25(14-17-27)24-9-7-6-8-10-24/h6-21H,1-5H3/q+1. The second-order valence-corrected chi connectivity index (χ2v) is 9.35. The van der Waals surface area contributed by atoms with Gasteiger partial charge in [0.1, 0.15) is 5.69 Å². The molecule has 0 spiro atoms. The number of aryl methyl sites for hydroxylation is 3. The van der Waals surface area contributed by atoms with Crippen molar-refractivity contribution in [3.63, 3.8) is 0 Å². The van der Waals surface area contributed by atoms with Crippen LogP contribution in [-0.4, -0.2) is 4.57 Å². The SMILES string of the molecule is Cc1ccc(C)c(-c2n(-c3ccc(-c4ccccc4)cc3)c3ccc(C(C)C)cc3[n+]2C)c1. The number of aromatic nitrogens is 2. The van der Waals surface area contributed by atoms with Crippen LogP contribution in [0.4, 0.5) is 0 Å². The Morgan fingerprint density at radius 2 is 1.42 bits per heavy atom. The quantitative estimate of drug-likeness (QED) is 0.260. The highest BCUT2D eigenvalue weighted by molar-refractivity contribution is 5.81. The predicted octanol–water partition coefficient (Wildman–Crippen LogP) is 7.53. The molecule has 0 saturated heterocycles. The first-order valence-electron chi connectivity index (χ1n) is 11.7. The second kappa shape index (κ2) is 8.37. The number of fused-ring (bicyclic) bond motifs is 1. The van der Waals surface area contributed by atoms with Gasteiger partial charge in [-0.05, 0) is 72.4 Å². The molecule has 2 heteroatoms. The molecule has 1 heterocycles. The van der Waals surface area contributed by atoms with Gasteiger partial charge in [-0.15, -0.1) is 0 Å². The average Bonchev–Trinajstić information content (AvgIpc) is 3.13. The van der Waals surface area contributed by atoms with Crippen molar-refractivity contribution in [3.8, 4) is 28.2 Å². The summed E-state index contributed by atoms with van der Waals surface area (Å²) in [5, 5.41) is 0. The molecule has 1 aromatic heterocycles. The molecule has 33 heavy (non-hydrogen) atoms. The van der Waals surface area contributed by atoms with Crippen LogP contribution < -0.4 is 4.57 Å². The highest BCUT2D eigenvalue weighted by atomic mass is 15.2. The zero-order chi connectivity index (χ0) is 23.1. The first kappa shape index (κ1) is 21.2. The maximum absolute atomic E-state index is 2.41. The number of benzene rings is 4. The van der Waals surface area contributed by atoms with Crippen molar-refractivity contribution in [2.45, 2.75) is 33.6 Å². The summed E-state index contributed by atoms with van der Waals surface area (Å²) in [5.41, 5.74) is 11.3. The van der Waals surface area contributed by atoms with Gasteiger partial charge in [0.2, 0.25) is 0 Å². The Morgan fingerprint density at radius 3 is 2.12 bits per heavy atom. The molecule has 0 amide bonds. The molecule has 0 aliphatic rings. The molecule has 0 saturated carbocycles. The molecule has 0 aliphatic carbocycles. The molecule has 0 aliphatic heterocycles. The lowest BCUT2D eigenvalue weighted by Crippen LogP contribution is -2.30. The van der Waals surface area contributed by atoms with Crippen LogP contribution in [0.15, 0.2) is 91.0 Å². The third-order valence-electron chi connectivity index (χ3n) is 6.66. The van der Waals surface area contributed by atoms with Crippen molar-refractivity contribution < 1.29 is 4.57 Å². The summed E-state index contributed by atoms with van der Waals surface area (Å²) in [6.07, 6.45) is 0. The number of nitrogens with zero attached hydrogens (tertiary/aromatic N) is 2. The van der Waals surface area contributed by atoms with E-state index in [-0.39, 0.29) is 0 Å². The van der Waals surface area contributed by atoms with Crippen molar-refractivity contribution in [1.29, 1.82) is 0 Å². The lowest BCUT2D eigenvalue weighted by molar-refractivity contribution is -0.633. The van der Waals surface area contributed by atoms with Crippen LogP contribution in [0.25, 0.3) is 39.2 Å². The van der Waals surface area contributed by atoms with E-state index in [2.05, 4.69) is 135 Å². The fourth-order valence-corrected chi connectivity index (χ4v) is 4.71. The molecule has 0 fully saturated rings. The van der Waals surface area contributed by atoms with E-state index in [0.29, 0.717) is 5.92 Å². The lowest BCUT2D eigenvalue weighted by atomic mass is 10.0. The number of hydrogen-bond acceptors (Lipinski definition) is 0. The summed E-state index contributed by atoms with van der Waals surface area (Å²) in [6, 6.07) is 33.1. The Bertz CT molecular complexity index is 1440. The van der Waals surface area contributed by atoms with Crippen molar-refractivity contribution >= 4 is 11.0 Å². The van der Waals surface area contributed by atoms with Crippen molar-refractivity contribution in [3.05, 3.63) is 108 Å². The van der Waals surface area contributed by atoms with Crippen LogP contribution in [0, 0.1) is 13.8 Å². The van der Waals surface area contributed by atoms with Crippen molar-refractivity contribution in [2.24, 2.45) is 7.05 Å². The summed E-state index contributed by atoms with van der Waals surface area (Å²) >= 11 is 0. The van der Waals surface area contributed by atoms with E-state index < -0.39 is 0 Å². The van der Waals surface area contributed by atoms with E-state index in [1.165, 1.54) is 55.9 Å². The van der Waals surface area contributed by atoms with E-state index in [4.69, 9.17) is 0 Å². The zero-order valence-electron chi connectivity index (χ0n) is 20.1. The van der Waals surface area contributed by atoms with Gasteiger partial charge in [0, 0.05) is 0 Å². The summed E-state index contributed by atoms with van der Waals surface area (Å²) in [4.78, 5) is 0. The molecule has 2 nitrogen and oxygen atoms in total. The Balaban J connectivity index is 1.77. The summed E-state index contributed by atoms with van der Waals surface area (Å²) in [7, 11) is 2.19. The van der Waals surface area contributed by atoms with Crippen LogP contribution in [0.5, 0.6) is 0 Å². The zero-order valence-corrected chi connectivity index (χ0v) is 20.1. The minimum Gasteiger partial charge on any atom is -0.225 e. The van der Waals surface area contributed by atoms with Gasteiger partial charge < -0.3 is 0 Å². The van der Waals surface area contributed by atoms with Crippen LogP contribution in [0.3, 0.4) is 0 Å². The van der Waals surface area contributed by atoms with Crippen molar-refractivity contribution in [2.75, 3.05) is 0 Å². The van der Waals surface area contributed by atoms with Gasteiger partial charge in [0.15, 0.2) is 11.0 Å². The Kier molecular flexibility index (Phi) is 5.38. The molecule has 0 unspecified atom stereocenters. The Morgan fingerprint density at radius 1 is 0.727 bits per heavy atom. The predicted molar refractivity (Wildman–Crippen MR) is 139 cm³/mol. The highest BCUT2D eigenvalue weighted by Gasteiger charge is 2.27. The van der Waals surface area contributed by atoms with E-state index in [9.17, 15) is 0 Å². The van der Waals surface area contributed by atoms with Gasteiger partial charge in [0.05, 0.1) is 12.6 Å². The van der Waals surface area contributed by atoms with Gasteiger partial charge >= 0.3 is 0 Å². The number of hydrogen-bond donors (Lipinski definition) is 0. The smallest absolute Gasteiger partial charge is 0.225 e. The first-order valence-corrected chi connectivity index (χ1v) is 11.7. The molecular weight excluding hydrogens is 400 g/mol. The summed E-state index contributed by atoms with van der Waals surface area (Å²) in [6.45, 7) is 8.88. The lowest BCUT2D eigenvalue weighted by Gasteiger charge is -2.08. The summed E-state index contributed by atoms with van der Waals surface area (Å²) in [5.74, 6) is 1.70. The number of rotatable bonds is 4.